The topological polar surface area (TPSA) is 40.5 Å². The fourth-order valence-corrected chi connectivity index (χ4v) is 1.30. The highest BCUT2D eigenvalue weighted by molar-refractivity contribution is 5.85. The number of anilines is 1. The van der Waals surface area contributed by atoms with Gasteiger partial charge < -0.3 is 5.11 Å². The van der Waals surface area contributed by atoms with Gasteiger partial charge in [-0.3, -0.25) is 4.90 Å². The Hall–Kier alpha value is -1.58. The fourth-order valence-electron chi connectivity index (χ4n) is 1.30. The van der Waals surface area contributed by atoms with Gasteiger partial charge in [-0.2, -0.15) is 0 Å². The van der Waals surface area contributed by atoms with Crippen molar-refractivity contribution in [3.8, 4) is 0 Å². The molecule has 3 nitrogen and oxygen atoms in total. The number of benzene rings is 1. The van der Waals surface area contributed by atoms with Crippen LogP contribution in [0.4, 0.5) is 14.9 Å². The molecular formula is C11H14FNO2. The third-order valence-corrected chi connectivity index (χ3v) is 1.90. The summed E-state index contributed by atoms with van der Waals surface area (Å²) in [5, 5.41) is 8.97. The molecule has 0 saturated heterocycles. The van der Waals surface area contributed by atoms with E-state index in [4.69, 9.17) is 5.11 Å². The van der Waals surface area contributed by atoms with Crippen LogP contribution in [0.5, 0.6) is 0 Å². The summed E-state index contributed by atoms with van der Waals surface area (Å²) in [7, 11) is 0. The van der Waals surface area contributed by atoms with Crippen molar-refractivity contribution in [1.29, 1.82) is 0 Å². The lowest BCUT2D eigenvalue weighted by atomic mass is 10.2. The van der Waals surface area contributed by atoms with E-state index in [-0.39, 0.29) is 5.92 Å². The van der Waals surface area contributed by atoms with E-state index in [2.05, 4.69) is 0 Å². The van der Waals surface area contributed by atoms with E-state index in [9.17, 15) is 9.18 Å². The minimum absolute atomic E-state index is 0.198. The van der Waals surface area contributed by atoms with E-state index in [0.29, 0.717) is 12.2 Å². The van der Waals surface area contributed by atoms with Crippen molar-refractivity contribution in [3.05, 3.63) is 30.1 Å². The van der Waals surface area contributed by atoms with E-state index in [1.54, 1.807) is 6.07 Å². The lowest BCUT2D eigenvalue weighted by molar-refractivity contribution is 0.201. The summed E-state index contributed by atoms with van der Waals surface area (Å²) in [5.74, 6) is -0.230. The number of carboxylic acid groups (broad SMARTS) is 1. The van der Waals surface area contributed by atoms with Gasteiger partial charge in [-0.1, -0.05) is 19.9 Å². The SMILES string of the molecule is CC(C)CN(C(=O)O)c1cccc(F)c1. The maximum atomic E-state index is 12.9. The molecule has 0 bridgehead atoms. The second-order valence-electron chi connectivity index (χ2n) is 3.77. The Labute approximate surface area is 88.1 Å². The van der Waals surface area contributed by atoms with Gasteiger partial charge in [0.1, 0.15) is 5.82 Å². The van der Waals surface area contributed by atoms with Gasteiger partial charge in [0.15, 0.2) is 0 Å². The molecule has 0 fully saturated rings. The number of hydrogen-bond acceptors (Lipinski definition) is 1. The first-order chi connectivity index (χ1) is 7.00. The molecule has 4 heteroatoms. The van der Waals surface area contributed by atoms with Crippen molar-refractivity contribution >= 4 is 11.8 Å². The van der Waals surface area contributed by atoms with Crippen LogP contribution in [0.3, 0.4) is 0 Å². The van der Waals surface area contributed by atoms with Crippen LogP contribution in [0.2, 0.25) is 0 Å². The Kier molecular flexibility index (Phi) is 3.66. The van der Waals surface area contributed by atoms with Crippen LogP contribution in [-0.4, -0.2) is 17.7 Å². The Morgan fingerprint density at radius 2 is 2.20 bits per heavy atom. The molecule has 0 unspecified atom stereocenters. The first-order valence-corrected chi connectivity index (χ1v) is 4.76. The summed E-state index contributed by atoms with van der Waals surface area (Å²) >= 11 is 0. The lowest BCUT2D eigenvalue weighted by Crippen LogP contribution is -2.32. The molecular weight excluding hydrogens is 197 g/mol. The summed E-state index contributed by atoms with van der Waals surface area (Å²) in [4.78, 5) is 12.1. The van der Waals surface area contributed by atoms with E-state index in [1.807, 2.05) is 13.8 Å². The van der Waals surface area contributed by atoms with Crippen LogP contribution in [0.1, 0.15) is 13.8 Å². The van der Waals surface area contributed by atoms with Gasteiger partial charge in [-0.15, -0.1) is 0 Å². The third kappa shape index (κ3) is 3.23. The highest BCUT2D eigenvalue weighted by Crippen LogP contribution is 2.17. The molecule has 0 atom stereocenters. The molecule has 0 saturated carbocycles. The molecule has 0 aromatic heterocycles. The number of rotatable bonds is 3. The molecule has 0 spiro atoms. The largest absolute Gasteiger partial charge is 0.465 e. The number of hydrogen-bond donors (Lipinski definition) is 1. The van der Waals surface area contributed by atoms with Crippen molar-refractivity contribution in [1.82, 2.24) is 0 Å². The minimum Gasteiger partial charge on any atom is -0.465 e. The van der Waals surface area contributed by atoms with E-state index in [1.165, 1.54) is 18.2 Å². The van der Waals surface area contributed by atoms with Gasteiger partial charge in [0.05, 0.1) is 0 Å². The van der Waals surface area contributed by atoms with Crippen LogP contribution >= 0.6 is 0 Å². The van der Waals surface area contributed by atoms with Crippen LogP contribution in [0.25, 0.3) is 0 Å². The minimum atomic E-state index is -1.06. The monoisotopic (exact) mass is 211 g/mol. The second kappa shape index (κ2) is 4.77. The van der Waals surface area contributed by atoms with Crippen molar-refractivity contribution < 1.29 is 14.3 Å². The predicted molar refractivity (Wildman–Crippen MR) is 56.6 cm³/mol. The van der Waals surface area contributed by atoms with Crippen LogP contribution in [0, 0.1) is 11.7 Å². The first-order valence-electron chi connectivity index (χ1n) is 4.76. The summed E-state index contributed by atoms with van der Waals surface area (Å²) in [6, 6.07) is 5.59. The lowest BCUT2D eigenvalue weighted by Gasteiger charge is -2.21. The second-order valence-corrected chi connectivity index (χ2v) is 3.77. The van der Waals surface area contributed by atoms with Gasteiger partial charge in [0.2, 0.25) is 0 Å². The van der Waals surface area contributed by atoms with Crippen LogP contribution in [0.15, 0.2) is 24.3 Å². The van der Waals surface area contributed by atoms with E-state index in [0.717, 1.165) is 4.90 Å². The van der Waals surface area contributed by atoms with Gasteiger partial charge >= 0.3 is 6.09 Å². The Morgan fingerprint density at radius 1 is 1.53 bits per heavy atom. The van der Waals surface area contributed by atoms with Crippen molar-refractivity contribution in [3.63, 3.8) is 0 Å². The van der Waals surface area contributed by atoms with E-state index >= 15 is 0 Å². The Balaban J connectivity index is 2.94. The summed E-state index contributed by atoms with van der Waals surface area (Å²) < 4.78 is 12.9. The molecule has 0 aliphatic carbocycles. The van der Waals surface area contributed by atoms with Crippen LogP contribution < -0.4 is 4.90 Å². The standard InChI is InChI=1S/C11H14FNO2/c1-8(2)7-13(11(14)15)10-5-3-4-9(12)6-10/h3-6,8H,7H2,1-2H3,(H,14,15). The summed E-state index contributed by atoms with van der Waals surface area (Å²) in [5.41, 5.74) is 0.371. The quantitative estimate of drug-likeness (QED) is 0.834. The molecule has 1 aromatic rings. The maximum Gasteiger partial charge on any atom is 0.411 e. The highest BCUT2D eigenvalue weighted by atomic mass is 19.1. The highest BCUT2D eigenvalue weighted by Gasteiger charge is 2.15. The van der Waals surface area contributed by atoms with Crippen LogP contribution in [-0.2, 0) is 0 Å². The van der Waals surface area contributed by atoms with Gasteiger partial charge in [-0.25, -0.2) is 9.18 Å². The van der Waals surface area contributed by atoms with Crippen molar-refractivity contribution in [2.45, 2.75) is 13.8 Å². The molecule has 0 aliphatic heterocycles. The summed E-state index contributed by atoms with van der Waals surface area (Å²) in [6.45, 7) is 4.18. The molecule has 0 radical (unpaired) electrons. The zero-order valence-corrected chi connectivity index (χ0v) is 8.77. The molecule has 1 rings (SSSR count). The van der Waals surface area contributed by atoms with Gasteiger partial charge in [0, 0.05) is 12.2 Å². The number of nitrogens with zero attached hydrogens (tertiary/aromatic N) is 1. The Morgan fingerprint density at radius 3 is 2.67 bits per heavy atom. The van der Waals surface area contributed by atoms with Crippen molar-refractivity contribution in [2.75, 3.05) is 11.4 Å². The maximum absolute atomic E-state index is 12.9. The predicted octanol–water partition coefficient (Wildman–Crippen LogP) is 2.97. The zero-order valence-electron chi connectivity index (χ0n) is 8.77. The third-order valence-electron chi connectivity index (χ3n) is 1.90. The average Bonchev–Trinajstić information content (AvgIpc) is 2.13. The Bertz CT molecular complexity index is 352. The number of amides is 1. The molecule has 0 heterocycles. The van der Waals surface area contributed by atoms with Crippen molar-refractivity contribution in [2.24, 2.45) is 5.92 Å². The molecule has 0 aliphatic rings. The summed E-state index contributed by atoms with van der Waals surface area (Å²) in [6.07, 6.45) is -1.06. The van der Waals surface area contributed by atoms with Gasteiger partial charge in [-0.05, 0) is 24.1 Å². The number of carbonyl (C=O) groups is 1. The average molecular weight is 211 g/mol. The van der Waals surface area contributed by atoms with Gasteiger partial charge in [0.25, 0.3) is 0 Å². The normalized spacial score (nSPS) is 10.4. The molecule has 1 N–H and O–H groups in total. The molecule has 1 amide bonds. The molecule has 82 valence electrons. The molecule has 1 aromatic carbocycles. The zero-order chi connectivity index (χ0) is 11.4. The van der Waals surface area contributed by atoms with E-state index < -0.39 is 11.9 Å². The fraction of sp³-hybridized carbons (Fsp3) is 0.364. The first kappa shape index (κ1) is 11.5. The number of halogens is 1. The smallest absolute Gasteiger partial charge is 0.411 e. The molecule has 15 heavy (non-hydrogen) atoms.